The minimum Gasteiger partial charge on any atom is -0.369 e. The lowest BCUT2D eigenvalue weighted by Gasteiger charge is -2.11. The van der Waals surface area contributed by atoms with Gasteiger partial charge in [0.15, 0.2) is 5.82 Å². The summed E-state index contributed by atoms with van der Waals surface area (Å²) in [5, 5.41) is 0. The van der Waals surface area contributed by atoms with Crippen molar-refractivity contribution in [2.45, 2.75) is 6.92 Å². The topological polar surface area (TPSA) is 43.8 Å². The Balaban J connectivity index is 2.40. The first-order chi connectivity index (χ1) is 9.09. The van der Waals surface area contributed by atoms with E-state index >= 15 is 0 Å². The van der Waals surface area contributed by atoms with Gasteiger partial charge < -0.3 is 5.73 Å². The number of nitrogens with zero attached hydrogens (tertiary/aromatic N) is 2. The molecule has 3 aromatic rings. The van der Waals surface area contributed by atoms with E-state index in [1.54, 1.807) is 10.6 Å². The molecule has 3 nitrogen and oxygen atoms in total. The second-order valence-electron chi connectivity index (χ2n) is 4.30. The summed E-state index contributed by atoms with van der Waals surface area (Å²) < 4.78 is 16.5. The van der Waals surface area contributed by atoms with Crippen molar-refractivity contribution in [2.75, 3.05) is 5.73 Å². The summed E-state index contributed by atoms with van der Waals surface area (Å²) in [7, 11) is 0. The van der Waals surface area contributed by atoms with Gasteiger partial charge in [-0.3, -0.25) is 4.57 Å². The molecule has 0 atom stereocenters. The molecule has 0 fully saturated rings. The Labute approximate surface area is 118 Å². The highest BCUT2D eigenvalue weighted by atomic mass is 79.9. The van der Waals surface area contributed by atoms with Crippen LogP contribution in [0.15, 0.2) is 40.9 Å². The van der Waals surface area contributed by atoms with Crippen LogP contribution >= 0.6 is 15.9 Å². The minimum atomic E-state index is -0.365. The number of rotatable bonds is 1. The number of nitrogen functional groups attached to an aromatic ring is 1. The second kappa shape index (κ2) is 4.35. The van der Waals surface area contributed by atoms with Gasteiger partial charge in [0.05, 0.1) is 11.2 Å². The maximum atomic E-state index is 13.7. The van der Waals surface area contributed by atoms with Crippen molar-refractivity contribution in [1.82, 2.24) is 9.55 Å². The number of para-hydroxylation sites is 1. The summed E-state index contributed by atoms with van der Waals surface area (Å²) in [6, 6.07) is 10.6. The summed E-state index contributed by atoms with van der Waals surface area (Å²) >= 11 is 3.49. The van der Waals surface area contributed by atoms with Crippen LogP contribution in [-0.4, -0.2) is 9.55 Å². The molecule has 0 unspecified atom stereocenters. The van der Waals surface area contributed by atoms with Crippen molar-refractivity contribution in [2.24, 2.45) is 0 Å². The maximum Gasteiger partial charge on any atom is 0.206 e. The number of nitrogens with two attached hydrogens (primary N) is 1. The summed E-state index contributed by atoms with van der Waals surface area (Å²) in [6.07, 6.45) is 0. The Morgan fingerprint density at radius 2 is 1.95 bits per heavy atom. The van der Waals surface area contributed by atoms with Gasteiger partial charge in [-0.2, -0.15) is 0 Å². The van der Waals surface area contributed by atoms with Gasteiger partial charge in [-0.05, 0) is 36.8 Å². The van der Waals surface area contributed by atoms with Crippen LogP contribution in [0.25, 0.3) is 16.7 Å². The first-order valence-corrected chi connectivity index (χ1v) is 6.57. The summed E-state index contributed by atoms with van der Waals surface area (Å²) in [5.74, 6) is -0.0862. The van der Waals surface area contributed by atoms with Crippen molar-refractivity contribution in [3.8, 4) is 5.69 Å². The number of imidazole rings is 1. The number of aromatic nitrogens is 2. The van der Waals surface area contributed by atoms with Crippen molar-refractivity contribution >= 4 is 32.9 Å². The van der Waals surface area contributed by atoms with Crippen LogP contribution in [-0.2, 0) is 0 Å². The van der Waals surface area contributed by atoms with Crippen LogP contribution in [0, 0.1) is 12.7 Å². The van der Waals surface area contributed by atoms with Gasteiger partial charge in [0.25, 0.3) is 0 Å². The largest absolute Gasteiger partial charge is 0.369 e. The molecule has 0 spiro atoms. The van der Waals surface area contributed by atoms with Gasteiger partial charge in [-0.1, -0.05) is 28.1 Å². The van der Waals surface area contributed by atoms with Crippen molar-refractivity contribution in [1.29, 1.82) is 0 Å². The van der Waals surface area contributed by atoms with Gasteiger partial charge in [0.2, 0.25) is 5.95 Å². The molecule has 5 heteroatoms. The SMILES string of the molecule is Cc1c(Br)cccc1-n1c(N)nc2c(F)cccc21. The first kappa shape index (κ1) is 12.2. The predicted molar refractivity (Wildman–Crippen MR) is 77.9 cm³/mol. The molecule has 0 aliphatic rings. The van der Waals surface area contributed by atoms with Crippen LogP contribution in [0.4, 0.5) is 10.3 Å². The van der Waals surface area contributed by atoms with Crippen molar-refractivity contribution < 1.29 is 4.39 Å². The molecule has 96 valence electrons. The summed E-state index contributed by atoms with van der Waals surface area (Å²) in [4.78, 5) is 4.11. The van der Waals surface area contributed by atoms with Gasteiger partial charge >= 0.3 is 0 Å². The molecule has 0 aliphatic carbocycles. The van der Waals surface area contributed by atoms with Crippen molar-refractivity contribution in [3.05, 3.63) is 52.3 Å². The number of halogens is 2. The Morgan fingerprint density at radius 3 is 2.74 bits per heavy atom. The van der Waals surface area contributed by atoms with E-state index in [0.717, 1.165) is 15.7 Å². The fourth-order valence-corrected chi connectivity index (χ4v) is 2.53. The molecular weight excluding hydrogens is 309 g/mol. The number of benzene rings is 2. The highest BCUT2D eigenvalue weighted by Gasteiger charge is 2.14. The zero-order chi connectivity index (χ0) is 13.6. The van der Waals surface area contributed by atoms with E-state index in [2.05, 4.69) is 20.9 Å². The van der Waals surface area contributed by atoms with Crippen molar-refractivity contribution in [3.63, 3.8) is 0 Å². The molecular formula is C14H11BrFN3. The quantitative estimate of drug-likeness (QED) is 0.741. The molecule has 3 rings (SSSR count). The molecule has 2 aromatic carbocycles. The van der Waals surface area contributed by atoms with E-state index in [-0.39, 0.29) is 11.8 Å². The molecule has 1 heterocycles. The monoisotopic (exact) mass is 319 g/mol. The highest BCUT2D eigenvalue weighted by molar-refractivity contribution is 9.10. The Kier molecular flexibility index (Phi) is 2.78. The Morgan fingerprint density at radius 1 is 1.21 bits per heavy atom. The number of hydrogen-bond donors (Lipinski definition) is 1. The summed E-state index contributed by atoms with van der Waals surface area (Å²) in [5.41, 5.74) is 8.81. The fourth-order valence-electron chi connectivity index (χ4n) is 2.17. The zero-order valence-corrected chi connectivity index (χ0v) is 11.8. The fraction of sp³-hybridized carbons (Fsp3) is 0.0714. The molecule has 0 bridgehead atoms. The lowest BCUT2D eigenvalue weighted by molar-refractivity contribution is 0.637. The molecule has 0 saturated heterocycles. The normalized spacial score (nSPS) is 11.1. The number of fused-ring (bicyclic) bond motifs is 1. The van der Waals surface area contributed by atoms with E-state index in [9.17, 15) is 4.39 Å². The van der Waals surface area contributed by atoms with Gasteiger partial charge in [-0.15, -0.1) is 0 Å². The highest BCUT2D eigenvalue weighted by Crippen LogP contribution is 2.29. The second-order valence-corrected chi connectivity index (χ2v) is 5.15. The average molecular weight is 320 g/mol. The smallest absolute Gasteiger partial charge is 0.206 e. The standard InChI is InChI=1S/C14H11BrFN3/c1-8-9(15)4-2-6-11(8)19-12-7-3-5-10(16)13(12)18-14(19)17/h2-7H,1H3,(H2,17,18). The summed E-state index contributed by atoms with van der Waals surface area (Å²) in [6.45, 7) is 1.98. The van der Waals surface area contributed by atoms with E-state index in [1.165, 1.54) is 6.07 Å². The van der Waals surface area contributed by atoms with Gasteiger partial charge in [0.1, 0.15) is 5.52 Å². The van der Waals surface area contributed by atoms with E-state index in [1.807, 2.05) is 31.2 Å². The van der Waals surface area contributed by atoms with E-state index in [0.29, 0.717) is 11.0 Å². The molecule has 2 N–H and O–H groups in total. The maximum absolute atomic E-state index is 13.7. The van der Waals surface area contributed by atoms with Crippen LogP contribution in [0.3, 0.4) is 0 Å². The lowest BCUT2D eigenvalue weighted by atomic mass is 10.2. The van der Waals surface area contributed by atoms with Crippen LogP contribution in [0.5, 0.6) is 0 Å². The van der Waals surface area contributed by atoms with Crippen LogP contribution < -0.4 is 5.73 Å². The van der Waals surface area contributed by atoms with Gasteiger partial charge in [-0.25, -0.2) is 9.37 Å². The third kappa shape index (κ3) is 1.81. The Bertz CT molecular complexity index is 780. The molecule has 0 saturated carbocycles. The molecule has 19 heavy (non-hydrogen) atoms. The van der Waals surface area contributed by atoms with E-state index in [4.69, 9.17) is 5.73 Å². The van der Waals surface area contributed by atoms with Crippen LogP contribution in [0.2, 0.25) is 0 Å². The minimum absolute atomic E-state index is 0.279. The molecule has 0 radical (unpaired) electrons. The lowest BCUT2D eigenvalue weighted by Crippen LogP contribution is -2.02. The van der Waals surface area contributed by atoms with Crippen LogP contribution in [0.1, 0.15) is 5.56 Å². The number of anilines is 1. The zero-order valence-electron chi connectivity index (χ0n) is 10.2. The predicted octanol–water partition coefficient (Wildman–Crippen LogP) is 3.82. The third-order valence-electron chi connectivity index (χ3n) is 3.14. The average Bonchev–Trinajstić information content (AvgIpc) is 2.71. The van der Waals surface area contributed by atoms with Gasteiger partial charge in [0, 0.05) is 4.47 Å². The number of hydrogen-bond acceptors (Lipinski definition) is 2. The first-order valence-electron chi connectivity index (χ1n) is 5.77. The molecule has 0 aliphatic heterocycles. The Hall–Kier alpha value is -1.88. The van der Waals surface area contributed by atoms with E-state index < -0.39 is 0 Å². The molecule has 0 amide bonds. The third-order valence-corrected chi connectivity index (χ3v) is 4.00. The molecule has 1 aromatic heterocycles.